The zero-order valence-corrected chi connectivity index (χ0v) is 15.0. The van der Waals surface area contributed by atoms with Crippen molar-refractivity contribution in [3.05, 3.63) is 28.2 Å². The van der Waals surface area contributed by atoms with E-state index in [9.17, 15) is 18.0 Å². The van der Waals surface area contributed by atoms with Crippen LogP contribution in [-0.2, 0) is 14.8 Å². The number of aliphatic carboxylic acids is 1. The Hall–Kier alpha value is -1.45. The van der Waals surface area contributed by atoms with Crippen molar-refractivity contribution in [1.29, 1.82) is 0 Å². The molecule has 1 aromatic rings. The van der Waals surface area contributed by atoms with Crippen molar-refractivity contribution >= 4 is 37.8 Å². The number of halogens is 1. The number of sulfonamides is 1. The summed E-state index contributed by atoms with van der Waals surface area (Å²) in [7, 11) is 0.554. The zero-order chi connectivity index (χ0) is 17.2. The Kier molecular flexibility index (Phi) is 5.71. The lowest BCUT2D eigenvalue weighted by Crippen LogP contribution is -2.40. The van der Waals surface area contributed by atoms with Crippen molar-refractivity contribution < 1.29 is 23.1 Å². The van der Waals surface area contributed by atoms with Crippen molar-refractivity contribution in [2.24, 2.45) is 0 Å². The molecular weight excluding hydrogens is 376 g/mol. The Labute approximate surface area is 137 Å². The van der Waals surface area contributed by atoms with Crippen LogP contribution < -0.4 is 0 Å². The largest absolute Gasteiger partial charge is 0.480 e. The standard InChI is InChI=1S/C13H17BrN2O5S/c1-8(13(18)19)16(4)12(17)9-5-6-11(10(14)7-9)22(20,21)15(2)3/h5-8H,1-4H3,(H,18,19). The number of nitrogens with zero attached hydrogens (tertiary/aromatic N) is 2. The summed E-state index contributed by atoms with van der Waals surface area (Å²) in [4.78, 5) is 24.2. The lowest BCUT2D eigenvalue weighted by Gasteiger charge is -2.22. The molecule has 0 fully saturated rings. The van der Waals surface area contributed by atoms with Crippen molar-refractivity contribution in [3.63, 3.8) is 0 Å². The number of carboxylic acids is 1. The fraction of sp³-hybridized carbons (Fsp3) is 0.385. The number of amides is 1. The number of hydrogen-bond donors (Lipinski definition) is 1. The molecule has 0 aliphatic rings. The van der Waals surface area contributed by atoms with Crippen molar-refractivity contribution in [1.82, 2.24) is 9.21 Å². The van der Waals surface area contributed by atoms with Gasteiger partial charge in [0.15, 0.2) is 0 Å². The number of hydrogen-bond acceptors (Lipinski definition) is 4. The average molecular weight is 393 g/mol. The normalized spacial score (nSPS) is 13.0. The van der Waals surface area contributed by atoms with Gasteiger partial charge in [-0.1, -0.05) is 0 Å². The zero-order valence-electron chi connectivity index (χ0n) is 12.6. The van der Waals surface area contributed by atoms with Crippen LogP contribution in [0.15, 0.2) is 27.6 Å². The van der Waals surface area contributed by atoms with Crippen LogP contribution in [0.4, 0.5) is 0 Å². The predicted molar refractivity (Wildman–Crippen MR) is 84.2 cm³/mol. The molecule has 1 rings (SSSR count). The molecule has 1 amide bonds. The Morgan fingerprint density at radius 2 is 1.77 bits per heavy atom. The maximum atomic E-state index is 12.2. The summed E-state index contributed by atoms with van der Waals surface area (Å²) in [5, 5.41) is 8.93. The van der Waals surface area contributed by atoms with Gasteiger partial charge in [-0.05, 0) is 41.1 Å². The van der Waals surface area contributed by atoms with Gasteiger partial charge < -0.3 is 10.0 Å². The smallest absolute Gasteiger partial charge is 0.326 e. The second kappa shape index (κ2) is 6.76. The summed E-state index contributed by atoms with van der Waals surface area (Å²) in [6.07, 6.45) is 0. The van der Waals surface area contributed by atoms with Crippen molar-refractivity contribution in [3.8, 4) is 0 Å². The number of benzene rings is 1. The summed E-state index contributed by atoms with van der Waals surface area (Å²) in [5.74, 6) is -1.63. The minimum absolute atomic E-state index is 0.0305. The highest BCUT2D eigenvalue weighted by atomic mass is 79.9. The fourth-order valence-electron chi connectivity index (χ4n) is 1.58. The molecule has 0 aliphatic carbocycles. The van der Waals surface area contributed by atoms with Crippen molar-refractivity contribution in [2.75, 3.05) is 21.1 Å². The number of carboxylic acid groups (broad SMARTS) is 1. The van der Waals surface area contributed by atoms with Crippen LogP contribution in [0.5, 0.6) is 0 Å². The van der Waals surface area contributed by atoms with Gasteiger partial charge in [0.1, 0.15) is 6.04 Å². The molecule has 0 heterocycles. The van der Waals surface area contributed by atoms with Gasteiger partial charge in [-0.3, -0.25) is 4.79 Å². The van der Waals surface area contributed by atoms with Gasteiger partial charge in [-0.25, -0.2) is 17.5 Å². The second-order valence-electron chi connectivity index (χ2n) is 4.86. The van der Waals surface area contributed by atoms with E-state index in [1.165, 1.54) is 46.3 Å². The molecule has 0 saturated heterocycles. The Morgan fingerprint density at radius 3 is 2.18 bits per heavy atom. The molecule has 0 aliphatic heterocycles. The lowest BCUT2D eigenvalue weighted by atomic mass is 10.2. The number of carbonyl (C=O) groups excluding carboxylic acids is 1. The van der Waals surface area contributed by atoms with Gasteiger partial charge in [0, 0.05) is 31.2 Å². The third kappa shape index (κ3) is 3.65. The Bertz CT molecular complexity index is 702. The molecule has 0 aromatic heterocycles. The fourth-order valence-corrected chi connectivity index (χ4v) is 3.52. The third-order valence-electron chi connectivity index (χ3n) is 3.20. The van der Waals surface area contributed by atoms with Gasteiger partial charge in [-0.2, -0.15) is 0 Å². The molecule has 9 heteroatoms. The first-order valence-electron chi connectivity index (χ1n) is 6.22. The highest BCUT2D eigenvalue weighted by Crippen LogP contribution is 2.25. The minimum atomic E-state index is -3.63. The average Bonchev–Trinajstić information content (AvgIpc) is 2.44. The Morgan fingerprint density at radius 1 is 1.23 bits per heavy atom. The molecule has 0 bridgehead atoms. The molecule has 0 spiro atoms. The lowest BCUT2D eigenvalue weighted by molar-refractivity contribution is -0.141. The summed E-state index contributed by atoms with van der Waals surface area (Å²) in [6.45, 7) is 1.39. The van der Waals surface area contributed by atoms with E-state index >= 15 is 0 Å². The molecule has 1 atom stereocenters. The highest BCUT2D eigenvalue weighted by molar-refractivity contribution is 9.10. The summed E-state index contributed by atoms with van der Waals surface area (Å²) in [5.41, 5.74) is 0.195. The van der Waals surface area contributed by atoms with E-state index in [4.69, 9.17) is 5.11 Å². The van der Waals surface area contributed by atoms with Crippen LogP contribution in [0.3, 0.4) is 0 Å². The van der Waals surface area contributed by atoms with E-state index < -0.39 is 27.9 Å². The van der Waals surface area contributed by atoms with E-state index in [2.05, 4.69) is 15.9 Å². The van der Waals surface area contributed by atoms with Crippen LogP contribution in [-0.4, -0.2) is 61.8 Å². The quantitative estimate of drug-likeness (QED) is 0.813. The van der Waals surface area contributed by atoms with Crippen molar-refractivity contribution in [2.45, 2.75) is 17.9 Å². The molecule has 1 aromatic carbocycles. The van der Waals surface area contributed by atoms with E-state index in [-0.39, 0.29) is 14.9 Å². The number of rotatable bonds is 5. The first kappa shape index (κ1) is 18.6. The molecule has 122 valence electrons. The minimum Gasteiger partial charge on any atom is -0.480 e. The SMILES string of the molecule is CC(C(=O)O)N(C)C(=O)c1ccc(S(=O)(=O)N(C)C)c(Br)c1. The first-order chi connectivity index (χ1) is 10.00. The molecule has 1 N–H and O–H groups in total. The summed E-state index contributed by atoms with van der Waals surface area (Å²) >= 11 is 3.14. The molecule has 0 saturated carbocycles. The molecule has 7 nitrogen and oxygen atoms in total. The van der Waals surface area contributed by atoms with E-state index in [1.54, 1.807) is 0 Å². The number of carbonyl (C=O) groups is 2. The van der Waals surface area contributed by atoms with Crippen LogP contribution in [0, 0.1) is 0 Å². The van der Waals surface area contributed by atoms with Gasteiger partial charge in [0.05, 0.1) is 4.90 Å². The monoisotopic (exact) mass is 392 g/mol. The molecule has 0 radical (unpaired) electrons. The maximum absolute atomic E-state index is 12.2. The van der Waals surface area contributed by atoms with Crippen LogP contribution in [0.25, 0.3) is 0 Å². The molecule has 22 heavy (non-hydrogen) atoms. The van der Waals surface area contributed by atoms with Gasteiger partial charge in [-0.15, -0.1) is 0 Å². The van der Waals surface area contributed by atoms with Gasteiger partial charge >= 0.3 is 5.97 Å². The molecular formula is C13H17BrN2O5S. The summed E-state index contributed by atoms with van der Waals surface area (Å²) in [6, 6.07) is 3.04. The van der Waals surface area contributed by atoms with Gasteiger partial charge in [0.2, 0.25) is 10.0 Å². The summed E-state index contributed by atoms with van der Waals surface area (Å²) < 4.78 is 25.5. The van der Waals surface area contributed by atoms with E-state index in [1.807, 2.05) is 0 Å². The van der Waals surface area contributed by atoms with Crippen LogP contribution in [0.2, 0.25) is 0 Å². The highest BCUT2D eigenvalue weighted by Gasteiger charge is 2.25. The van der Waals surface area contributed by atoms with Crippen LogP contribution >= 0.6 is 15.9 Å². The van der Waals surface area contributed by atoms with Crippen LogP contribution in [0.1, 0.15) is 17.3 Å². The predicted octanol–water partition coefficient (Wildman–Crippen LogP) is 1.24. The third-order valence-corrected chi connectivity index (χ3v) is 5.99. The van der Waals surface area contributed by atoms with Gasteiger partial charge in [0.25, 0.3) is 5.91 Å². The molecule has 1 unspecified atom stereocenters. The Balaban J connectivity index is 3.19. The first-order valence-corrected chi connectivity index (χ1v) is 8.45. The topological polar surface area (TPSA) is 95.0 Å². The van der Waals surface area contributed by atoms with E-state index in [0.29, 0.717) is 0 Å². The number of likely N-dealkylation sites (N-methyl/N-ethyl adjacent to an activating group) is 1. The second-order valence-corrected chi connectivity index (χ2v) is 7.84. The maximum Gasteiger partial charge on any atom is 0.326 e. The van der Waals surface area contributed by atoms with E-state index in [0.717, 1.165) is 9.21 Å².